The zero-order chi connectivity index (χ0) is 18.8. The molecule has 1 heterocycles. The number of nitrogens with one attached hydrogen (secondary N) is 1. The Morgan fingerprint density at radius 2 is 2.07 bits per heavy atom. The van der Waals surface area contributed by atoms with Crippen LogP contribution in [0.2, 0.25) is 5.02 Å². The molecule has 1 atom stereocenters. The molecule has 27 heavy (non-hydrogen) atoms. The van der Waals surface area contributed by atoms with E-state index in [-0.39, 0.29) is 17.8 Å². The minimum absolute atomic E-state index is 0.00439. The molecule has 3 N–H and O–H groups in total. The average Bonchev–Trinajstić information content (AvgIpc) is 3.41. The summed E-state index contributed by atoms with van der Waals surface area (Å²) >= 11 is 6.03. The molecule has 6 nitrogen and oxygen atoms in total. The average molecular weight is 383 g/mol. The van der Waals surface area contributed by atoms with Gasteiger partial charge in [-0.15, -0.1) is 0 Å². The highest BCUT2D eigenvalue weighted by molar-refractivity contribution is 6.30. The first-order valence-electron chi connectivity index (χ1n) is 8.85. The fraction of sp³-hybridized carbons (Fsp3) is 0.250. The summed E-state index contributed by atoms with van der Waals surface area (Å²) in [6.07, 6.45) is 2.22. The first kappa shape index (κ1) is 17.7. The van der Waals surface area contributed by atoms with Gasteiger partial charge in [0.2, 0.25) is 5.82 Å². The minimum Gasteiger partial charge on any atom is -0.348 e. The van der Waals surface area contributed by atoms with Crippen LogP contribution >= 0.6 is 11.6 Å². The van der Waals surface area contributed by atoms with Crippen molar-refractivity contribution in [1.82, 2.24) is 15.5 Å². The number of carbonyl (C=O) groups is 1. The molecule has 0 radical (unpaired) electrons. The van der Waals surface area contributed by atoms with E-state index in [1.807, 2.05) is 18.2 Å². The second-order valence-electron chi connectivity index (χ2n) is 6.63. The number of hydrogen-bond donors (Lipinski definition) is 2. The third-order valence-corrected chi connectivity index (χ3v) is 4.91. The van der Waals surface area contributed by atoms with Crippen molar-refractivity contribution in [3.63, 3.8) is 0 Å². The van der Waals surface area contributed by atoms with Gasteiger partial charge in [-0.25, -0.2) is 0 Å². The van der Waals surface area contributed by atoms with Crippen LogP contribution in [0.25, 0.3) is 22.8 Å². The van der Waals surface area contributed by atoms with E-state index in [0.29, 0.717) is 34.4 Å². The Morgan fingerprint density at radius 1 is 1.26 bits per heavy atom. The smallest absolute Gasteiger partial charge is 0.259 e. The molecular formula is C20H19ClN4O2. The molecule has 7 heteroatoms. The first-order chi connectivity index (χ1) is 13.2. The largest absolute Gasteiger partial charge is 0.348 e. The van der Waals surface area contributed by atoms with E-state index in [0.717, 1.165) is 18.4 Å². The van der Waals surface area contributed by atoms with Gasteiger partial charge in [0.05, 0.1) is 11.1 Å². The number of halogens is 1. The topological polar surface area (TPSA) is 94.0 Å². The number of nitrogens with two attached hydrogens (primary N) is 1. The van der Waals surface area contributed by atoms with Crippen LogP contribution < -0.4 is 11.1 Å². The van der Waals surface area contributed by atoms with Gasteiger partial charge < -0.3 is 15.6 Å². The van der Waals surface area contributed by atoms with Crippen molar-refractivity contribution < 1.29 is 9.32 Å². The Kier molecular flexibility index (Phi) is 4.92. The Hall–Kier alpha value is -2.70. The molecule has 1 amide bonds. The van der Waals surface area contributed by atoms with Gasteiger partial charge in [-0.05, 0) is 43.0 Å². The summed E-state index contributed by atoms with van der Waals surface area (Å²) in [4.78, 5) is 17.2. The standard InChI is InChI=1S/C20H19ClN4O2/c21-14-5-3-4-13(10-14)18-24-20(27-25-18)16-7-2-1-6-15(16)19(26)23-17(11-22)12-8-9-12/h1-7,10,12,17H,8-9,11,22H2,(H,23,26). The van der Waals surface area contributed by atoms with E-state index >= 15 is 0 Å². The van der Waals surface area contributed by atoms with Crippen LogP contribution in [0, 0.1) is 5.92 Å². The highest BCUT2D eigenvalue weighted by Gasteiger charge is 2.32. The van der Waals surface area contributed by atoms with Crippen molar-refractivity contribution in [2.24, 2.45) is 11.7 Å². The van der Waals surface area contributed by atoms with Gasteiger partial charge in [0.15, 0.2) is 0 Å². The van der Waals surface area contributed by atoms with E-state index in [1.54, 1.807) is 30.3 Å². The first-order valence-corrected chi connectivity index (χ1v) is 9.23. The monoisotopic (exact) mass is 382 g/mol. The third-order valence-electron chi connectivity index (χ3n) is 4.67. The lowest BCUT2D eigenvalue weighted by molar-refractivity contribution is 0.0934. The summed E-state index contributed by atoms with van der Waals surface area (Å²) in [5, 5.41) is 7.64. The van der Waals surface area contributed by atoms with Gasteiger partial charge in [-0.2, -0.15) is 4.98 Å². The number of nitrogens with zero attached hydrogens (tertiary/aromatic N) is 2. The van der Waals surface area contributed by atoms with E-state index in [1.165, 1.54) is 0 Å². The molecule has 1 unspecified atom stereocenters. The molecule has 138 valence electrons. The number of aromatic nitrogens is 2. The molecule has 4 rings (SSSR count). The van der Waals surface area contributed by atoms with Crippen LogP contribution in [0.15, 0.2) is 53.1 Å². The lowest BCUT2D eigenvalue weighted by atomic mass is 10.1. The fourth-order valence-electron chi connectivity index (χ4n) is 3.06. The molecule has 1 aromatic heterocycles. The maximum atomic E-state index is 12.8. The number of amides is 1. The fourth-order valence-corrected chi connectivity index (χ4v) is 3.25. The normalized spacial score (nSPS) is 14.7. The zero-order valence-corrected chi connectivity index (χ0v) is 15.3. The van der Waals surface area contributed by atoms with Gasteiger partial charge in [-0.3, -0.25) is 4.79 Å². The summed E-state index contributed by atoms with van der Waals surface area (Å²) < 4.78 is 5.42. The minimum atomic E-state index is -0.185. The highest BCUT2D eigenvalue weighted by atomic mass is 35.5. The SMILES string of the molecule is NCC(NC(=O)c1ccccc1-c1nc(-c2cccc(Cl)c2)no1)C1CC1. The highest BCUT2D eigenvalue weighted by Crippen LogP contribution is 2.33. The quantitative estimate of drug-likeness (QED) is 0.680. The predicted molar refractivity (Wildman–Crippen MR) is 103 cm³/mol. The number of benzene rings is 2. The van der Waals surface area contributed by atoms with Crippen LogP contribution in [-0.4, -0.2) is 28.6 Å². The van der Waals surface area contributed by atoms with Gasteiger partial charge in [0.1, 0.15) is 0 Å². The van der Waals surface area contributed by atoms with E-state index in [2.05, 4.69) is 15.5 Å². The van der Waals surface area contributed by atoms with Crippen LogP contribution in [0.3, 0.4) is 0 Å². The molecule has 0 aliphatic heterocycles. The lowest BCUT2D eigenvalue weighted by Crippen LogP contribution is -2.41. The molecule has 0 saturated heterocycles. The van der Waals surface area contributed by atoms with Crippen LogP contribution in [0.1, 0.15) is 23.2 Å². The molecule has 2 aromatic carbocycles. The molecule has 3 aromatic rings. The van der Waals surface area contributed by atoms with Crippen molar-refractivity contribution in [1.29, 1.82) is 0 Å². The lowest BCUT2D eigenvalue weighted by Gasteiger charge is -2.16. The second kappa shape index (κ2) is 7.50. The zero-order valence-electron chi connectivity index (χ0n) is 14.6. The van der Waals surface area contributed by atoms with Crippen molar-refractivity contribution in [2.45, 2.75) is 18.9 Å². The second-order valence-corrected chi connectivity index (χ2v) is 7.07. The van der Waals surface area contributed by atoms with Crippen molar-refractivity contribution in [3.8, 4) is 22.8 Å². The van der Waals surface area contributed by atoms with Crippen molar-refractivity contribution in [3.05, 3.63) is 59.1 Å². The molecular weight excluding hydrogens is 364 g/mol. The molecule has 0 bridgehead atoms. The summed E-state index contributed by atoms with van der Waals surface area (Å²) in [6, 6.07) is 14.4. The number of carbonyl (C=O) groups excluding carboxylic acids is 1. The Labute approximate surface area is 161 Å². The van der Waals surface area contributed by atoms with Gasteiger partial charge in [0, 0.05) is 23.2 Å². The van der Waals surface area contributed by atoms with E-state index in [4.69, 9.17) is 21.9 Å². The molecule has 1 aliphatic rings. The third kappa shape index (κ3) is 3.86. The summed E-state index contributed by atoms with van der Waals surface area (Å²) in [5.41, 5.74) is 7.62. The van der Waals surface area contributed by atoms with Gasteiger partial charge in [0.25, 0.3) is 11.8 Å². The maximum Gasteiger partial charge on any atom is 0.259 e. The maximum absolute atomic E-state index is 12.8. The summed E-state index contributed by atoms with van der Waals surface area (Å²) in [6.45, 7) is 0.429. The number of hydrogen-bond acceptors (Lipinski definition) is 5. The Bertz CT molecular complexity index is 968. The van der Waals surface area contributed by atoms with Gasteiger partial charge >= 0.3 is 0 Å². The van der Waals surface area contributed by atoms with Crippen LogP contribution in [0.4, 0.5) is 0 Å². The van der Waals surface area contributed by atoms with Crippen LogP contribution in [0.5, 0.6) is 0 Å². The Balaban J connectivity index is 1.62. The van der Waals surface area contributed by atoms with Crippen molar-refractivity contribution in [2.75, 3.05) is 6.54 Å². The Morgan fingerprint density at radius 3 is 2.81 bits per heavy atom. The van der Waals surface area contributed by atoms with E-state index in [9.17, 15) is 4.79 Å². The molecule has 1 fully saturated rings. The molecule has 0 spiro atoms. The van der Waals surface area contributed by atoms with E-state index < -0.39 is 0 Å². The summed E-state index contributed by atoms with van der Waals surface area (Å²) in [7, 11) is 0. The molecule has 1 aliphatic carbocycles. The predicted octanol–water partition coefficient (Wildman–Crippen LogP) is 3.52. The van der Waals surface area contributed by atoms with Crippen molar-refractivity contribution >= 4 is 17.5 Å². The van der Waals surface area contributed by atoms with Crippen LogP contribution in [-0.2, 0) is 0 Å². The number of rotatable bonds is 6. The molecule has 1 saturated carbocycles. The van der Waals surface area contributed by atoms with Gasteiger partial charge in [-0.1, -0.05) is 41.0 Å². The summed E-state index contributed by atoms with van der Waals surface area (Å²) in [5.74, 6) is 0.992.